The molecule has 1 rings (SSSR count). The third kappa shape index (κ3) is 3.28. The Labute approximate surface area is 93.5 Å². The molecular formula is C10H16N2O2S. The lowest BCUT2D eigenvalue weighted by Gasteiger charge is -2.01. The molecule has 0 spiro atoms. The molecule has 0 atom stereocenters. The summed E-state index contributed by atoms with van der Waals surface area (Å²) in [6, 6.07) is 0. The number of ether oxygens (including phenoxy) is 1. The van der Waals surface area contributed by atoms with Crippen LogP contribution in [0.5, 0.6) is 0 Å². The Morgan fingerprint density at radius 2 is 2.33 bits per heavy atom. The summed E-state index contributed by atoms with van der Waals surface area (Å²) in [6.45, 7) is 4.70. The molecule has 0 radical (unpaired) electrons. The van der Waals surface area contributed by atoms with Crippen molar-refractivity contribution in [3.8, 4) is 0 Å². The number of esters is 1. The van der Waals surface area contributed by atoms with E-state index in [2.05, 4.69) is 11.9 Å². The van der Waals surface area contributed by atoms with Gasteiger partial charge in [0.1, 0.15) is 9.88 Å². The van der Waals surface area contributed by atoms with E-state index in [1.807, 2.05) is 0 Å². The van der Waals surface area contributed by atoms with Crippen molar-refractivity contribution < 1.29 is 9.53 Å². The molecule has 5 heteroatoms. The van der Waals surface area contributed by atoms with E-state index in [-0.39, 0.29) is 5.97 Å². The maximum atomic E-state index is 11.6. The number of unbranched alkanes of at least 4 members (excludes halogenated alkanes) is 1. The highest BCUT2D eigenvalue weighted by atomic mass is 32.1. The molecule has 1 aromatic rings. The minimum absolute atomic E-state index is 0.279. The molecule has 0 bridgehead atoms. The lowest BCUT2D eigenvalue weighted by molar-refractivity contribution is 0.0504. The van der Waals surface area contributed by atoms with Crippen LogP contribution in [0.4, 0.5) is 0 Å². The quantitative estimate of drug-likeness (QED) is 0.617. The minimum atomic E-state index is -0.279. The van der Waals surface area contributed by atoms with Crippen LogP contribution in [0.2, 0.25) is 0 Å². The summed E-state index contributed by atoms with van der Waals surface area (Å²) < 4.78 is 5.10. The van der Waals surface area contributed by atoms with E-state index in [0.717, 1.165) is 17.8 Å². The highest BCUT2D eigenvalue weighted by Crippen LogP contribution is 2.18. The van der Waals surface area contributed by atoms with Crippen LogP contribution in [0.3, 0.4) is 0 Å². The van der Waals surface area contributed by atoms with Gasteiger partial charge in [0.15, 0.2) is 0 Å². The van der Waals surface area contributed by atoms with Crippen molar-refractivity contribution in [3.05, 3.63) is 15.6 Å². The summed E-state index contributed by atoms with van der Waals surface area (Å²) in [5, 5.41) is 0.773. The summed E-state index contributed by atoms with van der Waals surface area (Å²) in [6.07, 6.45) is 1.91. The smallest absolute Gasteiger partial charge is 0.350 e. The normalized spacial score (nSPS) is 10.3. The Bertz CT molecular complexity index is 336. The van der Waals surface area contributed by atoms with E-state index < -0.39 is 0 Å². The van der Waals surface area contributed by atoms with Gasteiger partial charge in [-0.3, -0.25) is 0 Å². The Balaban J connectivity index is 2.60. The molecular weight excluding hydrogens is 212 g/mol. The van der Waals surface area contributed by atoms with Gasteiger partial charge >= 0.3 is 5.97 Å². The maximum Gasteiger partial charge on any atom is 0.350 e. The van der Waals surface area contributed by atoms with Gasteiger partial charge in [-0.25, -0.2) is 9.78 Å². The van der Waals surface area contributed by atoms with Gasteiger partial charge in [-0.05, 0) is 13.3 Å². The molecule has 84 valence electrons. The molecule has 0 unspecified atom stereocenters. The van der Waals surface area contributed by atoms with Crippen molar-refractivity contribution in [2.45, 2.75) is 33.2 Å². The molecule has 1 aromatic heterocycles. The summed E-state index contributed by atoms with van der Waals surface area (Å²) in [5.41, 5.74) is 6.16. The molecule has 2 N–H and O–H groups in total. The zero-order valence-electron chi connectivity index (χ0n) is 9.08. The average molecular weight is 228 g/mol. The topological polar surface area (TPSA) is 65.2 Å². The van der Waals surface area contributed by atoms with Crippen LogP contribution in [-0.2, 0) is 11.3 Å². The molecule has 0 aromatic carbocycles. The molecule has 0 aliphatic rings. The Morgan fingerprint density at radius 1 is 1.60 bits per heavy atom. The van der Waals surface area contributed by atoms with E-state index in [0.29, 0.717) is 23.7 Å². The third-order valence-corrected chi connectivity index (χ3v) is 3.09. The molecule has 15 heavy (non-hydrogen) atoms. The lowest BCUT2D eigenvalue weighted by atomic mass is 10.3. The molecule has 0 amide bonds. The second-order valence-electron chi connectivity index (χ2n) is 3.22. The number of nitrogens with two attached hydrogens (primary N) is 1. The number of carbonyl (C=O) groups excluding carboxylic acids is 1. The lowest BCUT2D eigenvalue weighted by Crippen LogP contribution is -2.05. The van der Waals surface area contributed by atoms with Crippen LogP contribution >= 0.6 is 11.3 Å². The average Bonchev–Trinajstić information content (AvgIpc) is 2.60. The number of carbonyl (C=O) groups is 1. The SMILES string of the molecule is CCCCOC(=O)c1sc(CN)nc1C. The first-order valence-corrected chi connectivity index (χ1v) is 5.84. The van der Waals surface area contributed by atoms with Crippen molar-refractivity contribution in [2.24, 2.45) is 5.73 Å². The van der Waals surface area contributed by atoms with Crippen molar-refractivity contribution in [1.29, 1.82) is 0 Å². The predicted octanol–water partition coefficient (Wildman–Crippen LogP) is 1.87. The molecule has 0 saturated carbocycles. The number of rotatable bonds is 5. The molecule has 0 saturated heterocycles. The summed E-state index contributed by atoms with van der Waals surface area (Å²) >= 11 is 1.31. The monoisotopic (exact) mass is 228 g/mol. The van der Waals surface area contributed by atoms with Gasteiger partial charge in [0.25, 0.3) is 0 Å². The highest BCUT2D eigenvalue weighted by Gasteiger charge is 2.15. The number of hydrogen-bond acceptors (Lipinski definition) is 5. The summed E-state index contributed by atoms with van der Waals surface area (Å²) in [7, 11) is 0. The zero-order chi connectivity index (χ0) is 11.3. The third-order valence-electron chi connectivity index (χ3n) is 1.93. The van der Waals surface area contributed by atoms with Crippen LogP contribution in [0.15, 0.2) is 0 Å². The summed E-state index contributed by atoms with van der Waals surface area (Å²) in [5.74, 6) is -0.279. The number of thiazole rings is 1. The van der Waals surface area contributed by atoms with Crippen molar-refractivity contribution >= 4 is 17.3 Å². The van der Waals surface area contributed by atoms with Gasteiger partial charge in [0.2, 0.25) is 0 Å². The van der Waals surface area contributed by atoms with Gasteiger partial charge in [0.05, 0.1) is 12.3 Å². The second kappa shape index (κ2) is 5.82. The fraction of sp³-hybridized carbons (Fsp3) is 0.600. The Morgan fingerprint density at radius 3 is 2.87 bits per heavy atom. The zero-order valence-corrected chi connectivity index (χ0v) is 9.89. The van der Waals surface area contributed by atoms with Crippen LogP contribution in [-0.4, -0.2) is 17.6 Å². The van der Waals surface area contributed by atoms with Gasteiger partial charge in [-0.15, -0.1) is 11.3 Å². The summed E-state index contributed by atoms with van der Waals surface area (Å²) in [4.78, 5) is 16.3. The van der Waals surface area contributed by atoms with Crippen LogP contribution in [0, 0.1) is 6.92 Å². The number of aromatic nitrogens is 1. The van der Waals surface area contributed by atoms with Crippen LogP contribution in [0.1, 0.15) is 40.1 Å². The first-order valence-electron chi connectivity index (χ1n) is 5.02. The highest BCUT2D eigenvalue weighted by molar-refractivity contribution is 7.13. The van der Waals surface area contributed by atoms with E-state index >= 15 is 0 Å². The first-order chi connectivity index (χ1) is 7.19. The van der Waals surface area contributed by atoms with Crippen LogP contribution < -0.4 is 5.73 Å². The standard InChI is InChI=1S/C10H16N2O2S/c1-3-4-5-14-10(13)9-7(2)12-8(6-11)15-9/h3-6,11H2,1-2H3. The fourth-order valence-corrected chi connectivity index (χ4v) is 1.94. The minimum Gasteiger partial charge on any atom is -0.461 e. The van der Waals surface area contributed by atoms with Crippen molar-refractivity contribution in [2.75, 3.05) is 6.61 Å². The maximum absolute atomic E-state index is 11.6. The molecule has 4 nitrogen and oxygen atoms in total. The van der Waals surface area contributed by atoms with Crippen molar-refractivity contribution in [3.63, 3.8) is 0 Å². The van der Waals surface area contributed by atoms with Gasteiger partial charge < -0.3 is 10.5 Å². The second-order valence-corrected chi connectivity index (χ2v) is 4.30. The van der Waals surface area contributed by atoms with Gasteiger partial charge in [-0.1, -0.05) is 13.3 Å². The molecule has 0 aliphatic heterocycles. The Kier molecular flexibility index (Phi) is 4.71. The number of hydrogen-bond donors (Lipinski definition) is 1. The predicted molar refractivity (Wildman–Crippen MR) is 59.9 cm³/mol. The number of nitrogens with zero attached hydrogens (tertiary/aromatic N) is 1. The first kappa shape index (κ1) is 12.1. The molecule has 1 heterocycles. The van der Waals surface area contributed by atoms with Crippen LogP contribution in [0.25, 0.3) is 0 Å². The van der Waals surface area contributed by atoms with E-state index in [4.69, 9.17) is 10.5 Å². The molecule has 0 fully saturated rings. The van der Waals surface area contributed by atoms with Gasteiger partial charge in [0, 0.05) is 6.54 Å². The largest absolute Gasteiger partial charge is 0.461 e. The van der Waals surface area contributed by atoms with Crippen molar-refractivity contribution in [1.82, 2.24) is 4.98 Å². The van der Waals surface area contributed by atoms with E-state index in [1.165, 1.54) is 11.3 Å². The fourth-order valence-electron chi connectivity index (χ4n) is 1.10. The Hall–Kier alpha value is -0.940. The molecule has 0 aliphatic carbocycles. The van der Waals surface area contributed by atoms with E-state index in [9.17, 15) is 4.79 Å². The number of aryl methyl sites for hydroxylation is 1. The van der Waals surface area contributed by atoms with E-state index in [1.54, 1.807) is 6.92 Å². The van der Waals surface area contributed by atoms with Gasteiger partial charge in [-0.2, -0.15) is 0 Å².